The molecule has 1 amide bonds. The Bertz CT molecular complexity index is 379. The van der Waals surface area contributed by atoms with Crippen LogP contribution in [0.4, 0.5) is 11.4 Å². The average molecular weight is 207 g/mol. The van der Waals surface area contributed by atoms with Gasteiger partial charge >= 0.3 is 0 Å². The van der Waals surface area contributed by atoms with Crippen LogP contribution in [0.3, 0.4) is 0 Å². The normalized spacial score (nSPS) is 16.9. The van der Waals surface area contributed by atoms with Crippen LogP contribution in [-0.4, -0.2) is 35.2 Å². The molecule has 0 spiro atoms. The maximum absolute atomic E-state index is 11.4. The van der Waals surface area contributed by atoms with Crippen LogP contribution >= 0.6 is 0 Å². The molecule has 1 aliphatic rings. The Balaban J connectivity index is 2.30. The lowest BCUT2D eigenvalue weighted by molar-refractivity contribution is -0.115. The SMILES string of the molecule is CC(O)CN1CC(=O)Nc2cnccc21. The molecule has 0 aromatic carbocycles. The molecule has 2 N–H and O–H groups in total. The molecule has 0 bridgehead atoms. The van der Waals surface area contributed by atoms with Gasteiger partial charge < -0.3 is 15.3 Å². The number of nitrogens with one attached hydrogen (secondary N) is 1. The highest BCUT2D eigenvalue weighted by Crippen LogP contribution is 2.27. The predicted octanol–water partition coefficient (Wildman–Crippen LogP) is 0.221. The van der Waals surface area contributed by atoms with Gasteiger partial charge in [-0.3, -0.25) is 9.78 Å². The van der Waals surface area contributed by atoms with Crippen LogP contribution in [0.25, 0.3) is 0 Å². The number of amides is 1. The fourth-order valence-corrected chi connectivity index (χ4v) is 1.69. The number of aromatic nitrogens is 1. The van der Waals surface area contributed by atoms with Gasteiger partial charge in [0.25, 0.3) is 0 Å². The summed E-state index contributed by atoms with van der Waals surface area (Å²) in [6, 6.07) is 1.83. The van der Waals surface area contributed by atoms with Gasteiger partial charge in [0.1, 0.15) is 0 Å². The second-order valence-corrected chi connectivity index (χ2v) is 3.67. The van der Waals surface area contributed by atoms with Gasteiger partial charge in [0.2, 0.25) is 5.91 Å². The number of anilines is 2. The summed E-state index contributed by atoms with van der Waals surface area (Å²) in [5.74, 6) is -0.0730. The number of aliphatic hydroxyl groups is 1. The first-order valence-corrected chi connectivity index (χ1v) is 4.83. The van der Waals surface area contributed by atoms with E-state index >= 15 is 0 Å². The second kappa shape index (κ2) is 3.86. The molecule has 0 saturated carbocycles. The number of pyridine rings is 1. The predicted molar refractivity (Wildman–Crippen MR) is 56.8 cm³/mol. The van der Waals surface area contributed by atoms with E-state index in [1.54, 1.807) is 19.3 Å². The summed E-state index contributed by atoms with van der Waals surface area (Å²) in [6.45, 7) is 2.43. The molecule has 0 aliphatic carbocycles. The van der Waals surface area contributed by atoms with Crippen molar-refractivity contribution >= 4 is 17.3 Å². The van der Waals surface area contributed by atoms with Gasteiger partial charge in [0, 0.05) is 12.7 Å². The van der Waals surface area contributed by atoms with Crippen molar-refractivity contribution in [2.75, 3.05) is 23.3 Å². The molecule has 5 heteroatoms. The Hall–Kier alpha value is -1.62. The molecule has 2 heterocycles. The molecule has 0 saturated heterocycles. The summed E-state index contributed by atoms with van der Waals surface area (Å²) >= 11 is 0. The van der Waals surface area contributed by atoms with Crippen LogP contribution in [0.2, 0.25) is 0 Å². The van der Waals surface area contributed by atoms with Gasteiger partial charge in [-0.15, -0.1) is 0 Å². The van der Waals surface area contributed by atoms with E-state index in [2.05, 4.69) is 10.3 Å². The summed E-state index contributed by atoms with van der Waals surface area (Å²) in [5.41, 5.74) is 1.61. The van der Waals surface area contributed by atoms with Crippen molar-refractivity contribution in [2.45, 2.75) is 13.0 Å². The zero-order valence-corrected chi connectivity index (χ0v) is 8.47. The molecular formula is C10H13N3O2. The summed E-state index contributed by atoms with van der Waals surface area (Å²) in [6.07, 6.45) is 2.82. The van der Waals surface area contributed by atoms with E-state index < -0.39 is 6.10 Å². The first-order chi connectivity index (χ1) is 7.16. The highest BCUT2D eigenvalue weighted by atomic mass is 16.3. The Kier molecular flexibility index (Phi) is 2.55. The van der Waals surface area contributed by atoms with E-state index in [1.807, 2.05) is 11.0 Å². The number of hydrogen-bond acceptors (Lipinski definition) is 4. The number of aliphatic hydroxyl groups excluding tert-OH is 1. The molecule has 0 fully saturated rings. The number of nitrogens with zero attached hydrogens (tertiary/aromatic N) is 2. The Labute approximate surface area is 87.7 Å². The second-order valence-electron chi connectivity index (χ2n) is 3.67. The number of rotatable bonds is 2. The minimum atomic E-state index is -0.461. The van der Waals surface area contributed by atoms with E-state index in [1.165, 1.54) is 0 Å². The minimum Gasteiger partial charge on any atom is -0.392 e. The van der Waals surface area contributed by atoms with Gasteiger partial charge in [-0.2, -0.15) is 0 Å². The standard InChI is InChI=1S/C10H13N3O2/c1-7(14)5-13-6-10(15)12-8-4-11-3-2-9(8)13/h2-4,7,14H,5-6H2,1H3,(H,12,15). The van der Waals surface area contributed by atoms with Crippen LogP contribution in [0, 0.1) is 0 Å². The number of carbonyl (C=O) groups is 1. The van der Waals surface area contributed by atoms with Crippen LogP contribution in [-0.2, 0) is 4.79 Å². The lowest BCUT2D eigenvalue weighted by Gasteiger charge is -2.31. The highest BCUT2D eigenvalue weighted by Gasteiger charge is 2.22. The number of fused-ring (bicyclic) bond motifs is 1. The summed E-state index contributed by atoms with van der Waals surface area (Å²) < 4.78 is 0. The van der Waals surface area contributed by atoms with Crippen LogP contribution < -0.4 is 10.2 Å². The van der Waals surface area contributed by atoms with Crippen molar-refractivity contribution in [1.82, 2.24) is 4.98 Å². The Morgan fingerprint density at radius 3 is 3.27 bits per heavy atom. The van der Waals surface area contributed by atoms with Crippen LogP contribution in [0.15, 0.2) is 18.5 Å². The Morgan fingerprint density at radius 1 is 1.73 bits per heavy atom. The van der Waals surface area contributed by atoms with Crippen LogP contribution in [0.1, 0.15) is 6.92 Å². The molecule has 1 aromatic heterocycles. The summed E-state index contributed by atoms with van der Waals surface area (Å²) in [4.78, 5) is 17.1. The zero-order valence-electron chi connectivity index (χ0n) is 8.47. The lowest BCUT2D eigenvalue weighted by Crippen LogP contribution is -2.41. The van der Waals surface area contributed by atoms with E-state index in [4.69, 9.17) is 0 Å². The van der Waals surface area contributed by atoms with Gasteiger partial charge in [-0.05, 0) is 13.0 Å². The monoisotopic (exact) mass is 207 g/mol. The third-order valence-electron chi connectivity index (χ3n) is 2.23. The van der Waals surface area contributed by atoms with E-state index in [0.29, 0.717) is 12.2 Å². The van der Waals surface area contributed by atoms with Crippen molar-refractivity contribution in [3.05, 3.63) is 18.5 Å². The largest absolute Gasteiger partial charge is 0.392 e. The van der Waals surface area contributed by atoms with E-state index in [9.17, 15) is 9.90 Å². The van der Waals surface area contributed by atoms with Crippen molar-refractivity contribution in [3.63, 3.8) is 0 Å². The van der Waals surface area contributed by atoms with E-state index in [-0.39, 0.29) is 12.5 Å². The number of carbonyl (C=O) groups excluding carboxylic acids is 1. The number of hydrogen-bond donors (Lipinski definition) is 2. The van der Waals surface area contributed by atoms with Crippen molar-refractivity contribution in [3.8, 4) is 0 Å². The average Bonchev–Trinajstić information content (AvgIpc) is 2.16. The molecule has 0 radical (unpaired) electrons. The lowest BCUT2D eigenvalue weighted by atomic mass is 10.2. The molecule has 5 nitrogen and oxygen atoms in total. The molecule has 15 heavy (non-hydrogen) atoms. The van der Waals surface area contributed by atoms with E-state index in [0.717, 1.165) is 5.69 Å². The molecule has 1 atom stereocenters. The maximum atomic E-state index is 11.4. The van der Waals surface area contributed by atoms with Gasteiger partial charge in [-0.1, -0.05) is 0 Å². The topological polar surface area (TPSA) is 65.5 Å². The summed E-state index contributed by atoms with van der Waals surface area (Å²) in [5, 5.41) is 12.1. The summed E-state index contributed by atoms with van der Waals surface area (Å²) in [7, 11) is 0. The highest BCUT2D eigenvalue weighted by molar-refractivity contribution is 6.00. The molecule has 1 aliphatic heterocycles. The van der Waals surface area contributed by atoms with Gasteiger partial charge in [-0.25, -0.2) is 0 Å². The molecule has 1 aromatic rings. The van der Waals surface area contributed by atoms with Gasteiger partial charge in [0.05, 0.1) is 30.2 Å². The first-order valence-electron chi connectivity index (χ1n) is 4.83. The maximum Gasteiger partial charge on any atom is 0.243 e. The number of β-amino-alcohol motifs (C(OH)–C–C–N with tert-alkyl or cyclic N) is 1. The molecule has 80 valence electrons. The van der Waals surface area contributed by atoms with Crippen molar-refractivity contribution in [1.29, 1.82) is 0 Å². The fourth-order valence-electron chi connectivity index (χ4n) is 1.69. The third kappa shape index (κ3) is 2.07. The smallest absolute Gasteiger partial charge is 0.243 e. The van der Waals surface area contributed by atoms with Crippen LogP contribution in [0.5, 0.6) is 0 Å². The van der Waals surface area contributed by atoms with Crippen molar-refractivity contribution < 1.29 is 9.90 Å². The van der Waals surface area contributed by atoms with Crippen molar-refractivity contribution in [2.24, 2.45) is 0 Å². The quantitative estimate of drug-likeness (QED) is 0.728. The third-order valence-corrected chi connectivity index (χ3v) is 2.23. The molecular weight excluding hydrogens is 194 g/mol. The van der Waals surface area contributed by atoms with Gasteiger partial charge in [0.15, 0.2) is 0 Å². The first kappa shape index (κ1) is 9.92. The molecule has 2 rings (SSSR count). The molecule has 1 unspecified atom stereocenters. The minimum absolute atomic E-state index is 0.0730. The fraction of sp³-hybridized carbons (Fsp3) is 0.400. The zero-order chi connectivity index (χ0) is 10.8. The Morgan fingerprint density at radius 2 is 2.53 bits per heavy atom.